The van der Waals surface area contributed by atoms with E-state index in [2.05, 4.69) is 9.97 Å². The number of hydrogen-bond acceptors (Lipinski definition) is 3. The highest BCUT2D eigenvalue weighted by Gasteiger charge is 2.20. The molecule has 0 unspecified atom stereocenters. The van der Waals surface area contributed by atoms with Crippen molar-refractivity contribution in [3.05, 3.63) is 54.4 Å². The number of aromatic nitrogens is 3. The quantitative estimate of drug-likeness (QED) is 0.501. The standard InChI is InChI=1S/C17H14N3O/c1-11-10-13(12-6-3-4-7-14(12)18-11)17-19-16-15(21-17)8-5-9-20(16)2/h3-10H,1-2H3/q+1. The molecule has 0 spiro atoms. The first kappa shape index (κ1) is 12.0. The average Bonchev–Trinajstić information content (AvgIpc) is 2.92. The molecular formula is C17H14N3O+. The lowest BCUT2D eigenvalue weighted by Crippen LogP contribution is -2.27. The number of aryl methyl sites for hydroxylation is 2. The highest BCUT2D eigenvalue weighted by Crippen LogP contribution is 2.29. The lowest BCUT2D eigenvalue weighted by molar-refractivity contribution is -0.646. The fourth-order valence-corrected chi connectivity index (χ4v) is 2.62. The number of oxazole rings is 1. The summed E-state index contributed by atoms with van der Waals surface area (Å²) < 4.78 is 7.90. The van der Waals surface area contributed by atoms with Gasteiger partial charge in [-0.1, -0.05) is 18.2 Å². The maximum Gasteiger partial charge on any atom is 0.370 e. The first-order valence-electron chi connectivity index (χ1n) is 6.84. The predicted octanol–water partition coefficient (Wildman–Crippen LogP) is 3.18. The van der Waals surface area contributed by atoms with E-state index in [1.165, 1.54) is 0 Å². The molecule has 0 atom stereocenters. The summed E-state index contributed by atoms with van der Waals surface area (Å²) >= 11 is 0. The molecule has 21 heavy (non-hydrogen) atoms. The zero-order valence-corrected chi connectivity index (χ0v) is 11.9. The molecule has 0 bridgehead atoms. The third kappa shape index (κ3) is 1.88. The Morgan fingerprint density at radius 3 is 2.76 bits per heavy atom. The average molecular weight is 276 g/mol. The molecule has 0 aliphatic heterocycles. The third-order valence-corrected chi connectivity index (χ3v) is 3.60. The zero-order chi connectivity index (χ0) is 14.4. The molecule has 0 fully saturated rings. The monoisotopic (exact) mass is 276 g/mol. The summed E-state index contributed by atoms with van der Waals surface area (Å²) in [5.41, 5.74) is 4.52. The number of fused-ring (bicyclic) bond motifs is 2. The topological polar surface area (TPSA) is 42.8 Å². The van der Waals surface area contributed by atoms with Crippen molar-refractivity contribution in [2.75, 3.05) is 0 Å². The predicted molar refractivity (Wildman–Crippen MR) is 80.7 cm³/mol. The van der Waals surface area contributed by atoms with Gasteiger partial charge in [0.1, 0.15) is 0 Å². The Bertz CT molecular complexity index is 972. The minimum atomic E-state index is 0.633. The van der Waals surface area contributed by atoms with Crippen LogP contribution in [0.1, 0.15) is 5.69 Å². The van der Waals surface area contributed by atoms with Gasteiger partial charge in [-0.3, -0.25) is 4.98 Å². The van der Waals surface area contributed by atoms with Gasteiger partial charge in [0, 0.05) is 16.1 Å². The van der Waals surface area contributed by atoms with E-state index in [0.29, 0.717) is 5.89 Å². The number of rotatable bonds is 1. The molecular weight excluding hydrogens is 262 g/mol. The van der Waals surface area contributed by atoms with Crippen LogP contribution in [0.4, 0.5) is 0 Å². The Hall–Kier alpha value is -2.75. The van der Waals surface area contributed by atoms with Crippen LogP contribution in [0.5, 0.6) is 0 Å². The van der Waals surface area contributed by atoms with Gasteiger partial charge in [0.25, 0.3) is 0 Å². The van der Waals surface area contributed by atoms with Gasteiger partial charge in [0.2, 0.25) is 5.58 Å². The van der Waals surface area contributed by atoms with E-state index >= 15 is 0 Å². The highest BCUT2D eigenvalue weighted by molar-refractivity contribution is 5.93. The van der Waals surface area contributed by atoms with Gasteiger partial charge in [-0.05, 0) is 31.2 Å². The van der Waals surface area contributed by atoms with Crippen LogP contribution in [0.25, 0.3) is 33.6 Å². The van der Waals surface area contributed by atoms with Crippen LogP contribution in [0.2, 0.25) is 0 Å². The van der Waals surface area contributed by atoms with Crippen molar-refractivity contribution in [2.24, 2.45) is 7.05 Å². The molecule has 0 radical (unpaired) electrons. The van der Waals surface area contributed by atoms with E-state index < -0.39 is 0 Å². The van der Waals surface area contributed by atoms with Gasteiger partial charge in [-0.15, -0.1) is 0 Å². The van der Waals surface area contributed by atoms with E-state index in [0.717, 1.165) is 33.4 Å². The summed E-state index contributed by atoms with van der Waals surface area (Å²) in [4.78, 5) is 9.20. The largest absolute Gasteiger partial charge is 0.411 e. The zero-order valence-electron chi connectivity index (χ0n) is 11.9. The van der Waals surface area contributed by atoms with Crippen LogP contribution in [0.15, 0.2) is 53.1 Å². The summed E-state index contributed by atoms with van der Waals surface area (Å²) in [5, 5.41) is 1.05. The smallest absolute Gasteiger partial charge is 0.370 e. The molecule has 102 valence electrons. The second kappa shape index (κ2) is 4.38. The third-order valence-electron chi connectivity index (χ3n) is 3.60. The number of para-hydroxylation sites is 1. The molecule has 3 heterocycles. The Balaban J connectivity index is 2.06. The molecule has 1 aromatic carbocycles. The highest BCUT2D eigenvalue weighted by atomic mass is 16.3. The summed E-state index contributed by atoms with van der Waals surface area (Å²) in [6.45, 7) is 1.98. The number of pyridine rings is 2. The fourth-order valence-electron chi connectivity index (χ4n) is 2.62. The Morgan fingerprint density at radius 1 is 1.05 bits per heavy atom. The normalized spacial score (nSPS) is 11.3. The number of benzene rings is 1. The molecule has 0 aliphatic rings. The summed E-state index contributed by atoms with van der Waals surface area (Å²) in [6.07, 6.45) is 1.96. The van der Waals surface area contributed by atoms with Gasteiger partial charge in [0.05, 0.1) is 24.3 Å². The lowest BCUT2D eigenvalue weighted by atomic mass is 10.1. The molecule has 4 nitrogen and oxygen atoms in total. The SMILES string of the molecule is Cc1cc(-c2nc3c(ccc[n+]3C)o2)c2ccccc2n1. The summed E-state index contributed by atoms with van der Waals surface area (Å²) in [6, 6.07) is 14.0. The number of nitrogens with zero attached hydrogens (tertiary/aromatic N) is 3. The molecule has 4 aromatic rings. The molecule has 0 N–H and O–H groups in total. The maximum atomic E-state index is 5.94. The Labute approximate surface area is 121 Å². The Morgan fingerprint density at radius 2 is 1.90 bits per heavy atom. The Kier molecular flexibility index (Phi) is 2.51. The second-order valence-electron chi connectivity index (χ2n) is 5.15. The van der Waals surface area contributed by atoms with Gasteiger partial charge in [-0.25, -0.2) is 4.57 Å². The molecule has 4 rings (SSSR count). The number of hydrogen-bond donors (Lipinski definition) is 0. The lowest BCUT2D eigenvalue weighted by Gasteiger charge is -2.02. The van der Waals surface area contributed by atoms with Crippen LogP contribution in [0, 0.1) is 6.92 Å². The van der Waals surface area contributed by atoms with Crippen molar-refractivity contribution >= 4 is 22.1 Å². The van der Waals surface area contributed by atoms with E-state index in [1.54, 1.807) is 0 Å². The van der Waals surface area contributed by atoms with Crippen molar-refractivity contribution in [1.29, 1.82) is 0 Å². The van der Waals surface area contributed by atoms with Gasteiger partial charge in [0.15, 0.2) is 0 Å². The molecule has 0 aliphatic carbocycles. The van der Waals surface area contributed by atoms with E-state index in [-0.39, 0.29) is 0 Å². The van der Waals surface area contributed by atoms with Crippen molar-refractivity contribution in [1.82, 2.24) is 9.97 Å². The maximum absolute atomic E-state index is 5.94. The molecule has 3 aromatic heterocycles. The van der Waals surface area contributed by atoms with Crippen molar-refractivity contribution in [2.45, 2.75) is 6.92 Å². The van der Waals surface area contributed by atoms with Crippen LogP contribution in [0.3, 0.4) is 0 Å². The van der Waals surface area contributed by atoms with Crippen molar-refractivity contribution in [3.63, 3.8) is 0 Å². The van der Waals surface area contributed by atoms with Crippen molar-refractivity contribution in [3.8, 4) is 11.5 Å². The molecule has 0 saturated heterocycles. The van der Waals surface area contributed by atoms with E-state index in [4.69, 9.17) is 4.42 Å². The van der Waals surface area contributed by atoms with Crippen LogP contribution in [-0.4, -0.2) is 9.97 Å². The summed E-state index contributed by atoms with van der Waals surface area (Å²) in [7, 11) is 1.96. The van der Waals surface area contributed by atoms with Crippen LogP contribution >= 0.6 is 0 Å². The second-order valence-corrected chi connectivity index (χ2v) is 5.15. The summed E-state index contributed by atoms with van der Waals surface area (Å²) in [5.74, 6) is 0.633. The molecule has 4 heteroatoms. The van der Waals surface area contributed by atoms with Gasteiger partial charge in [-0.2, -0.15) is 0 Å². The fraction of sp³-hybridized carbons (Fsp3) is 0.118. The molecule has 0 amide bonds. The first-order chi connectivity index (χ1) is 10.2. The first-order valence-corrected chi connectivity index (χ1v) is 6.84. The van der Waals surface area contributed by atoms with E-state index in [1.807, 2.05) is 67.2 Å². The van der Waals surface area contributed by atoms with Crippen molar-refractivity contribution < 1.29 is 8.98 Å². The van der Waals surface area contributed by atoms with Crippen LogP contribution < -0.4 is 4.57 Å². The van der Waals surface area contributed by atoms with Crippen LogP contribution in [-0.2, 0) is 7.05 Å². The van der Waals surface area contributed by atoms with E-state index in [9.17, 15) is 0 Å². The minimum absolute atomic E-state index is 0.633. The minimum Gasteiger partial charge on any atom is -0.411 e. The van der Waals surface area contributed by atoms with Gasteiger partial charge >= 0.3 is 11.5 Å². The molecule has 0 saturated carbocycles. The van der Waals surface area contributed by atoms with Gasteiger partial charge < -0.3 is 4.42 Å².